The fraction of sp³-hybridized carbons (Fsp3) is 0.650. The Hall–Kier alpha value is -1.69. The van der Waals surface area contributed by atoms with E-state index in [1.165, 1.54) is 13.1 Å². The van der Waals surface area contributed by atoms with Crippen LogP contribution in [0.3, 0.4) is 0 Å². The minimum absolute atomic E-state index is 0.0260. The van der Waals surface area contributed by atoms with E-state index in [0.717, 1.165) is 28.1 Å². The molecular formula is C20H28F3N5O2S. The summed E-state index contributed by atoms with van der Waals surface area (Å²) in [5, 5.41) is 4.18. The first kappa shape index (κ1) is 22.5. The molecule has 2 N–H and O–H groups in total. The number of aromatic nitrogens is 2. The van der Waals surface area contributed by atoms with E-state index in [-0.39, 0.29) is 19.0 Å². The van der Waals surface area contributed by atoms with Crippen LogP contribution in [0.4, 0.5) is 13.2 Å². The van der Waals surface area contributed by atoms with Gasteiger partial charge in [0.1, 0.15) is 17.8 Å². The molecule has 0 bridgehead atoms. The Labute approximate surface area is 180 Å². The number of piperidine rings is 1. The topological polar surface area (TPSA) is 84.5 Å². The molecule has 1 aromatic heterocycles. The van der Waals surface area contributed by atoms with Gasteiger partial charge < -0.3 is 5.73 Å². The highest BCUT2D eigenvalue weighted by Crippen LogP contribution is 2.37. The van der Waals surface area contributed by atoms with E-state index in [4.69, 9.17) is 5.73 Å². The van der Waals surface area contributed by atoms with Gasteiger partial charge in [-0.1, -0.05) is 0 Å². The van der Waals surface area contributed by atoms with Gasteiger partial charge in [-0.25, -0.2) is 21.6 Å². The van der Waals surface area contributed by atoms with Crippen LogP contribution in [0.5, 0.6) is 0 Å². The summed E-state index contributed by atoms with van der Waals surface area (Å²) in [6, 6.07) is -0.983. The number of hydrogen-bond donors (Lipinski definition) is 1. The second-order valence-corrected chi connectivity index (χ2v) is 10.7. The summed E-state index contributed by atoms with van der Waals surface area (Å²) in [6.07, 6.45) is 4.22. The molecule has 5 atom stereocenters. The van der Waals surface area contributed by atoms with Crippen molar-refractivity contribution in [2.24, 2.45) is 11.7 Å². The third-order valence-electron chi connectivity index (χ3n) is 6.38. The lowest BCUT2D eigenvalue weighted by atomic mass is 9.80. The largest absolute Gasteiger partial charge is 0.326 e. The summed E-state index contributed by atoms with van der Waals surface area (Å²) in [4.78, 5) is 4.00. The number of nitrogens with zero attached hydrogens (tertiary/aromatic N) is 4. The molecule has 172 valence electrons. The number of nitrogens with two attached hydrogens (primary N) is 1. The summed E-state index contributed by atoms with van der Waals surface area (Å²) in [5.74, 6) is -1.55. The van der Waals surface area contributed by atoms with Crippen molar-refractivity contribution in [2.45, 2.75) is 57.2 Å². The summed E-state index contributed by atoms with van der Waals surface area (Å²) in [5.41, 5.74) is 8.01. The molecule has 0 amide bonds. The van der Waals surface area contributed by atoms with Crippen LogP contribution in [0, 0.1) is 5.92 Å². The Morgan fingerprint density at radius 2 is 2.03 bits per heavy atom. The van der Waals surface area contributed by atoms with E-state index < -0.39 is 45.9 Å². The molecule has 3 aliphatic rings. The van der Waals surface area contributed by atoms with Crippen molar-refractivity contribution in [1.82, 2.24) is 19.0 Å². The van der Waals surface area contributed by atoms with Crippen molar-refractivity contribution < 1.29 is 21.6 Å². The Morgan fingerprint density at radius 3 is 2.68 bits per heavy atom. The number of likely N-dealkylation sites (tertiary alicyclic amines) is 1. The zero-order chi connectivity index (χ0) is 22.5. The molecular weight excluding hydrogens is 431 g/mol. The highest BCUT2D eigenvalue weighted by molar-refractivity contribution is 7.89. The summed E-state index contributed by atoms with van der Waals surface area (Å²) in [6.45, 7) is 2.98. The molecule has 11 heteroatoms. The molecule has 31 heavy (non-hydrogen) atoms. The van der Waals surface area contributed by atoms with E-state index in [1.54, 1.807) is 0 Å². The molecule has 0 saturated carbocycles. The minimum atomic E-state index is -3.44. The Kier molecular flexibility index (Phi) is 6.06. The monoisotopic (exact) mass is 459 g/mol. The molecule has 0 radical (unpaired) electrons. The van der Waals surface area contributed by atoms with E-state index >= 15 is 0 Å². The lowest BCUT2D eigenvalue weighted by Gasteiger charge is -2.49. The van der Waals surface area contributed by atoms with Gasteiger partial charge in [0, 0.05) is 68.4 Å². The third kappa shape index (κ3) is 4.59. The van der Waals surface area contributed by atoms with Gasteiger partial charge in [0.05, 0.1) is 11.9 Å². The molecule has 4 unspecified atom stereocenters. The van der Waals surface area contributed by atoms with Crippen molar-refractivity contribution in [2.75, 3.05) is 19.3 Å². The normalized spacial score (nSPS) is 31.3. The van der Waals surface area contributed by atoms with Crippen LogP contribution in [0.1, 0.15) is 31.0 Å². The van der Waals surface area contributed by atoms with Crippen LogP contribution < -0.4 is 5.73 Å². The predicted molar refractivity (Wildman–Crippen MR) is 111 cm³/mol. The Bertz CT molecular complexity index is 983. The zero-order valence-corrected chi connectivity index (χ0v) is 18.4. The molecule has 1 aromatic rings. The molecule has 0 aromatic carbocycles. The van der Waals surface area contributed by atoms with E-state index in [9.17, 15) is 21.6 Å². The third-order valence-corrected chi connectivity index (χ3v) is 7.25. The number of alkyl halides is 1. The van der Waals surface area contributed by atoms with Crippen molar-refractivity contribution in [3.05, 3.63) is 41.3 Å². The number of rotatable bonds is 5. The van der Waals surface area contributed by atoms with Gasteiger partial charge in [0.2, 0.25) is 0 Å². The van der Waals surface area contributed by atoms with E-state index in [1.807, 2.05) is 4.90 Å². The zero-order valence-electron chi connectivity index (χ0n) is 17.6. The summed E-state index contributed by atoms with van der Waals surface area (Å²) >= 11 is 0. The molecule has 1 saturated heterocycles. The molecule has 0 spiro atoms. The lowest BCUT2D eigenvalue weighted by molar-refractivity contribution is 0.00868. The molecule has 2 aliphatic heterocycles. The molecule has 7 nitrogen and oxygen atoms in total. The van der Waals surface area contributed by atoms with Gasteiger partial charge in [-0.2, -0.15) is 9.19 Å². The van der Waals surface area contributed by atoms with E-state index in [0.29, 0.717) is 31.7 Å². The van der Waals surface area contributed by atoms with Gasteiger partial charge in [-0.05, 0) is 25.5 Å². The quantitative estimate of drug-likeness (QED) is 0.724. The van der Waals surface area contributed by atoms with Crippen LogP contribution in [-0.2, 0) is 23.1 Å². The summed E-state index contributed by atoms with van der Waals surface area (Å²) < 4.78 is 66.8. The Morgan fingerprint density at radius 1 is 1.29 bits per heavy atom. The smallest absolute Gasteiger partial charge is 0.250 e. The second kappa shape index (κ2) is 8.34. The van der Waals surface area contributed by atoms with Gasteiger partial charge in [-0.3, -0.25) is 9.80 Å². The minimum Gasteiger partial charge on any atom is -0.326 e. The maximum Gasteiger partial charge on any atom is 0.250 e. The maximum absolute atomic E-state index is 14.6. The first-order valence-corrected chi connectivity index (χ1v) is 12.2. The van der Waals surface area contributed by atoms with Crippen LogP contribution in [0.2, 0.25) is 0 Å². The lowest BCUT2D eigenvalue weighted by Crippen LogP contribution is -2.63. The standard InChI is InChI=1S/C20H28F3N5O2S/c1-12(21)7-27-10-15(6-18(24)20(27)16-5-14(22)3-4-17(16)23)26-8-13-9-28(31(2,29)30)25-19(13)11-26/h3-4,9,12,15-16,18,20H,5-8,10-11,24H2,1-2H3/t12?,15?,16?,18?,20-/m1/s1. The van der Waals surface area contributed by atoms with Crippen molar-refractivity contribution in [3.63, 3.8) is 0 Å². The first-order chi connectivity index (χ1) is 14.5. The predicted octanol–water partition coefficient (Wildman–Crippen LogP) is 1.86. The summed E-state index contributed by atoms with van der Waals surface area (Å²) in [7, 11) is -3.44. The fourth-order valence-corrected chi connectivity index (χ4v) is 5.63. The van der Waals surface area contributed by atoms with Crippen LogP contribution in [0.15, 0.2) is 30.0 Å². The molecule has 4 rings (SSSR count). The van der Waals surface area contributed by atoms with Crippen molar-refractivity contribution in [1.29, 1.82) is 0 Å². The average molecular weight is 460 g/mol. The van der Waals surface area contributed by atoms with Crippen LogP contribution in [-0.4, -0.2) is 71.0 Å². The van der Waals surface area contributed by atoms with Gasteiger partial charge >= 0.3 is 0 Å². The number of halogens is 3. The van der Waals surface area contributed by atoms with Crippen LogP contribution >= 0.6 is 0 Å². The maximum atomic E-state index is 14.6. The molecule has 3 heterocycles. The van der Waals surface area contributed by atoms with Crippen molar-refractivity contribution in [3.8, 4) is 0 Å². The van der Waals surface area contributed by atoms with Crippen molar-refractivity contribution >= 4 is 10.0 Å². The number of fused-ring (bicyclic) bond motifs is 1. The highest BCUT2D eigenvalue weighted by Gasteiger charge is 2.44. The highest BCUT2D eigenvalue weighted by atomic mass is 32.2. The number of allylic oxidation sites excluding steroid dienone is 3. The second-order valence-electron chi connectivity index (χ2n) is 8.90. The molecule has 1 fully saturated rings. The SMILES string of the molecule is CC(F)CN1CC(N2Cc3cn(S(C)(=O)=O)nc3C2)CC(N)[C@H]1C1CC(F)=CC=C1F. The van der Waals surface area contributed by atoms with Crippen LogP contribution in [0.25, 0.3) is 0 Å². The van der Waals surface area contributed by atoms with Gasteiger partial charge in [-0.15, -0.1) is 0 Å². The molecule has 1 aliphatic carbocycles. The average Bonchev–Trinajstić information content (AvgIpc) is 3.22. The Balaban J connectivity index is 1.51. The van der Waals surface area contributed by atoms with Gasteiger partial charge in [0.25, 0.3) is 10.0 Å². The van der Waals surface area contributed by atoms with E-state index in [2.05, 4.69) is 10.00 Å². The van der Waals surface area contributed by atoms with Gasteiger partial charge in [0.15, 0.2) is 0 Å². The first-order valence-electron chi connectivity index (χ1n) is 10.4. The fourth-order valence-electron chi connectivity index (χ4n) is 5.06. The number of hydrogen-bond acceptors (Lipinski definition) is 6.